The largest absolute Gasteiger partial charge is 0.162 e. The average molecular weight is 171 g/mol. The van der Waals surface area contributed by atoms with Gasteiger partial charge in [-0.25, -0.2) is 0 Å². The third kappa shape index (κ3) is 7.99. The van der Waals surface area contributed by atoms with Gasteiger partial charge >= 0.3 is 0 Å². The first-order valence-corrected chi connectivity index (χ1v) is 5.46. The molecule has 1 atom stereocenters. The first-order valence-electron chi connectivity index (χ1n) is 4.30. The van der Waals surface area contributed by atoms with E-state index in [2.05, 4.69) is 20.4 Å². The zero-order valence-electron chi connectivity index (χ0n) is 7.51. The molecule has 0 heterocycles. The van der Waals surface area contributed by atoms with Crippen molar-refractivity contribution in [2.24, 2.45) is 5.92 Å². The molecule has 0 fully saturated rings. The molecule has 0 amide bonds. The smallest absolute Gasteiger partial charge is 0.00673 e. The molecule has 0 nitrogen and oxygen atoms in total. The molecule has 0 spiro atoms. The Hall–Kier alpha value is 0.0900. The second-order valence-electron chi connectivity index (χ2n) is 2.82. The van der Waals surface area contributed by atoms with Gasteiger partial charge in [-0.05, 0) is 36.7 Å². The molecule has 0 N–H and O–H groups in total. The van der Waals surface area contributed by atoms with Crippen LogP contribution < -0.4 is 0 Å². The fraction of sp³-hybridized carbons (Fsp3) is 0.700. The molecule has 1 heteroatoms. The van der Waals surface area contributed by atoms with Gasteiger partial charge in [0.1, 0.15) is 0 Å². The molecule has 65 valence electrons. The maximum atomic E-state index is 3.80. The minimum atomic E-state index is 0.690. The summed E-state index contributed by atoms with van der Waals surface area (Å²) in [6, 6.07) is 0. The van der Waals surface area contributed by atoms with E-state index in [1.54, 1.807) is 0 Å². The normalized spacial score (nSPS) is 12.9. The zero-order chi connectivity index (χ0) is 8.53. The Kier molecular flexibility index (Phi) is 8.26. The molecule has 0 aliphatic rings. The molecule has 0 saturated carbocycles. The maximum absolute atomic E-state index is 3.80. The van der Waals surface area contributed by atoms with E-state index in [0.29, 0.717) is 5.92 Å². The van der Waals surface area contributed by atoms with Crippen LogP contribution in [0.4, 0.5) is 0 Å². The van der Waals surface area contributed by atoms with Gasteiger partial charge in [0.25, 0.3) is 0 Å². The van der Waals surface area contributed by atoms with Crippen molar-refractivity contribution in [1.82, 2.24) is 0 Å². The van der Waals surface area contributed by atoms with Crippen molar-refractivity contribution in [3.05, 3.63) is 19.6 Å². The van der Waals surface area contributed by atoms with Crippen LogP contribution in [0.1, 0.15) is 26.2 Å². The highest BCUT2D eigenvalue weighted by atomic mass is 32.2. The number of rotatable bonds is 7. The Bertz CT molecular complexity index is 88.9. The van der Waals surface area contributed by atoms with E-state index in [-0.39, 0.29) is 0 Å². The van der Waals surface area contributed by atoms with Crippen LogP contribution >= 0.6 is 11.8 Å². The lowest BCUT2D eigenvalue weighted by Gasteiger charge is -2.03. The van der Waals surface area contributed by atoms with Crippen LogP contribution in [-0.2, 0) is 0 Å². The maximum Gasteiger partial charge on any atom is -0.00673 e. The SMILES string of the molecule is [CH2]CCSCCCC(C)C=C. The lowest BCUT2D eigenvalue weighted by atomic mass is 10.1. The fourth-order valence-electron chi connectivity index (χ4n) is 0.829. The van der Waals surface area contributed by atoms with Crippen molar-refractivity contribution in [2.45, 2.75) is 26.2 Å². The predicted molar refractivity (Wildman–Crippen MR) is 55.9 cm³/mol. The summed E-state index contributed by atoms with van der Waals surface area (Å²) < 4.78 is 0. The zero-order valence-corrected chi connectivity index (χ0v) is 8.33. The van der Waals surface area contributed by atoms with E-state index >= 15 is 0 Å². The molecule has 0 aliphatic heterocycles. The lowest BCUT2D eigenvalue weighted by molar-refractivity contribution is 0.639. The Balaban J connectivity index is 2.95. The highest BCUT2D eigenvalue weighted by Crippen LogP contribution is 2.11. The van der Waals surface area contributed by atoms with Gasteiger partial charge in [-0.1, -0.05) is 19.9 Å². The number of hydrogen-bond donors (Lipinski definition) is 0. The summed E-state index contributed by atoms with van der Waals surface area (Å²) in [5.74, 6) is 3.19. The number of allylic oxidation sites excluding steroid dienone is 1. The molecule has 0 bridgehead atoms. The van der Waals surface area contributed by atoms with Gasteiger partial charge in [0, 0.05) is 0 Å². The Labute approximate surface area is 75.5 Å². The first-order chi connectivity index (χ1) is 5.31. The molecule has 0 aromatic rings. The van der Waals surface area contributed by atoms with E-state index in [0.717, 1.165) is 6.42 Å². The van der Waals surface area contributed by atoms with Crippen LogP contribution in [0.2, 0.25) is 0 Å². The summed E-state index contributed by atoms with van der Waals surface area (Å²) >= 11 is 2.01. The van der Waals surface area contributed by atoms with Crippen molar-refractivity contribution in [1.29, 1.82) is 0 Å². The second kappa shape index (κ2) is 8.19. The van der Waals surface area contributed by atoms with Crippen LogP contribution in [-0.4, -0.2) is 11.5 Å². The molecular weight excluding hydrogens is 152 g/mol. The molecule has 0 aliphatic carbocycles. The van der Waals surface area contributed by atoms with Crippen LogP contribution in [0.5, 0.6) is 0 Å². The topological polar surface area (TPSA) is 0 Å². The Morgan fingerprint density at radius 3 is 2.73 bits per heavy atom. The van der Waals surface area contributed by atoms with Gasteiger partial charge in [0.2, 0.25) is 0 Å². The summed E-state index contributed by atoms with van der Waals surface area (Å²) in [6.45, 7) is 9.78. The Morgan fingerprint density at radius 2 is 2.18 bits per heavy atom. The van der Waals surface area contributed by atoms with Crippen molar-refractivity contribution >= 4 is 11.8 Å². The highest BCUT2D eigenvalue weighted by molar-refractivity contribution is 7.99. The average Bonchev–Trinajstić information content (AvgIpc) is 2.04. The molecule has 0 aromatic heterocycles. The monoisotopic (exact) mass is 171 g/mol. The van der Waals surface area contributed by atoms with Crippen LogP contribution in [0.25, 0.3) is 0 Å². The van der Waals surface area contributed by atoms with E-state index in [4.69, 9.17) is 0 Å². The van der Waals surface area contributed by atoms with E-state index in [9.17, 15) is 0 Å². The fourth-order valence-corrected chi connectivity index (χ4v) is 1.61. The number of hydrogen-bond acceptors (Lipinski definition) is 1. The summed E-state index contributed by atoms with van der Waals surface area (Å²) in [5.41, 5.74) is 0. The second-order valence-corrected chi connectivity index (χ2v) is 4.05. The number of thioether (sulfide) groups is 1. The van der Waals surface area contributed by atoms with Crippen molar-refractivity contribution in [3.63, 3.8) is 0 Å². The molecule has 1 radical (unpaired) electrons. The standard InChI is InChI=1S/C10H19S/c1-4-8-11-9-6-7-10(3)5-2/h5,10H,1-2,4,6-9H2,3H3. The summed E-state index contributed by atoms with van der Waals surface area (Å²) in [4.78, 5) is 0. The van der Waals surface area contributed by atoms with Crippen LogP contribution in [0.3, 0.4) is 0 Å². The third-order valence-corrected chi connectivity index (χ3v) is 2.79. The predicted octanol–water partition coefficient (Wildman–Crippen LogP) is 3.55. The van der Waals surface area contributed by atoms with Gasteiger partial charge < -0.3 is 0 Å². The molecule has 1 unspecified atom stereocenters. The summed E-state index contributed by atoms with van der Waals surface area (Å²) in [5, 5.41) is 0. The Morgan fingerprint density at radius 1 is 1.45 bits per heavy atom. The highest BCUT2D eigenvalue weighted by Gasteiger charge is 1.94. The molecule has 0 aromatic carbocycles. The minimum Gasteiger partial charge on any atom is -0.162 e. The van der Waals surface area contributed by atoms with E-state index < -0.39 is 0 Å². The van der Waals surface area contributed by atoms with Crippen molar-refractivity contribution in [3.8, 4) is 0 Å². The molecule has 0 rings (SSSR count). The molecule has 11 heavy (non-hydrogen) atoms. The van der Waals surface area contributed by atoms with Crippen LogP contribution in [0.15, 0.2) is 12.7 Å². The summed E-state index contributed by atoms with van der Waals surface area (Å²) in [6.07, 6.45) is 5.69. The van der Waals surface area contributed by atoms with Gasteiger partial charge in [0.15, 0.2) is 0 Å². The van der Waals surface area contributed by atoms with Gasteiger partial charge in [-0.15, -0.1) is 6.58 Å². The first kappa shape index (κ1) is 11.1. The minimum absolute atomic E-state index is 0.690. The van der Waals surface area contributed by atoms with E-state index in [1.165, 1.54) is 24.3 Å². The third-order valence-electron chi connectivity index (χ3n) is 1.64. The van der Waals surface area contributed by atoms with Gasteiger partial charge in [-0.2, -0.15) is 11.8 Å². The van der Waals surface area contributed by atoms with Crippen molar-refractivity contribution in [2.75, 3.05) is 11.5 Å². The summed E-state index contributed by atoms with van der Waals surface area (Å²) in [7, 11) is 0. The quantitative estimate of drug-likeness (QED) is 0.417. The van der Waals surface area contributed by atoms with Crippen LogP contribution in [0, 0.1) is 12.8 Å². The van der Waals surface area contributed by atoms with Crippen molar-refractivity contribution < 1.29 is 0 Å². The molecular formula is C10H19S. The van der Waals surface area contributed by atoms with Gasteiger partial charge in [0.05, 0.1) is 0 Å². The molecule has 0 saturated heterocycles. The lowest BCUT2D eigenvalue weighted by Crippen LogP contribution is -1.90. The van der Waals surface area contributed by atoms with E-state index in [1.807, 2.05) is 17.8 Å². The van der Waals surface area contributed by atoms with Gasteiger partial charge in [-0.3, -0.25) is 0 Å².